The van der Waals surface area contributed by atoms with E-state index in [9.17, 15) is 9.90 Å². The predicted octanol–water partition coefficient (Wildman–Crippen LogP) is 1.38. The van der Waals surface area contributed by atoms with Crippen LogP contribution in [0.1, 0.15) is 38.4 Å². The van der Waals surface area contributed by atoms with Crippen molar-refractivity contribution < 1.29 is 19.4 Å². The summed E-state index contributed by atoms with van der Waals surface area (Å²) in [6.07, 6.45) is 0.501. The normalized spacial score (nSPS) is 18.2. The Balaban J connectivity index is 1.94. The highest BCUT2D eigenvalue weighted by molar-refractivity contribution is 5.83. The molecule has 1 aromatic rings. The van der Waals surface area contributed by atoms with E-state index in [4.69, 9.17) is 15.2 Å². The maximum Gasteiger partial charge on any atom is 0.227 e. The fraction of sp³-hybridized carbons (Fsp3) is 0.611. The first-order valence-corrected chi connectivity index (χ1v) is 8.47. The zero-order valence-corrected chi connectivity index (χ0v) is 14.5. The van der Waals surface area contributed by atoms with Crippen LogP contribution in [0.5, 0.6) is 5.75 Å². The lowest BCUT2D eigenvalue weighted by molar-refractivity contribution is -0.136. The number of aliphatic hydroxyl groups is 1. The van der Waals surface area contributed by atoms with Gasteiger partial charge in [0.05, 0.1) is 17.6 Å². The van der Waals surface area contributed by atoms with Gasteiger partial charge in [-0.2, -0.15) is 0 Å². The summed E-state index contributed by atoms with van der Waals surface area (Å²) >= 11 is 0. The number of hydrogen-bond acceptors (Lipinski definition) is 5. The lowest BCUT2D eigenvalue weighted by Crippen LogP contribution is -2.49. The molecule has 1 heterocycles. The van der Waals surface area contributed by atoms with Crippen LogP contribution in [-0.2, 0) is 9.53 Å². The van der Waals surface area contributed by atoms with E-state index in [-0.39, 0.29) is 25.1 Å². The van der Waals surface area contributed by atoms with E-state index >= 15 is 0 Å². The number of aliphatic hydroxyl groups excluding tert-OH is 1. The van der Waals surface area contributed by atoms with Crippen molar-refractivity contribution in [3.63, 3.8) is 0 Å². The van der Waals surface area contributed by atoms with Gasteiger partial charge in [0.25, 0.3) is 0 Å². The van der Waals surface area contributed by atoms with E-state index < -0.39 is 11.5 Å². The molecule has 1 atom stereocenters. The van der Waals surface area contributed by atoms with E-state index in [1.165, 1.54) is 0 Å². The number of nitrogens with one attached hydrogen (secondary N) is 1. The Morgan fingerprint density at radius 2 is 2.12 bits per heavy atom. The molecule has 0 aromatic heterocycles. The fourth-order valence-corrected chi connectivity index (χ4v) is 2.85. The van der Waals surface area contributed by atoms with Crippen molar-refractivity contribution in [1.29, 1.82) is 0 Å². The molecule has 6 nitrogen and oxygen atoms in total. The molecule has 0 bridgehead atoms. The number of carbonyl (C=O) groups excluding carboxylic acids is 1. The molecule has 1 unspecified atom stereocenters. The number of ether oxygens (including phenoxy) is 2. The molecule has 4 N–H and O–H groups in total. The summed E-state index contributed by atoms with van der Waals surface area (Å²) in [5.41, 5.74) is 5.96. The topological polar surface area (TPSA) is 93.8 Å². The molecule has 0 aliphatic carbocycles. The molecule has 1 fully saturated rings. The molecule has 0 saturated carbocycles. The minimum Gasteiger partial charge on any atom is -0.491 e. The summed E-state index contributed by atoms with van der Waals surface area (Å²) in [5.74, 6) is 0.595. The summed E-state index contributed by atoms with van der Waals surface area (Å²) in [5, 5.41) is 13.2. The standard InChI is InChI=1S/C18H28N2O4/c1-13(2)24-15-5-3-4-14(10-15)16(21)11-20-17(22)18(12-19)6-8-23-9-7-18/h3-5,10,13,16,21H,6-9,11-12,19H2,1-2H3,(H,20,22). The molecule has 0 spiro atoms. The molecule has 1 aliphatic heterocycles. The minimum absolute atomic E-state index is 0.0648. The van der Waals surface area contributed by atoms with Gasteiger partial charge in [0.15, 0.2) is 0 Å². The molecular weight excluding hydrogens is 308 g/mol. The van der Waals surface area contributed by atoms with Crippen LogP contribution in [0.25, 0.3) is 0 Å². The molecule has 1 aromatic carbocycles. The van der Waals surface area contributed by atoms with Gasteiger partial charge in [-0.15, -0.1) is 0 Å². The average molecular weight is 336 g/mol. The summed E-state index contributed by atoms with van der Waals surface area (Å²) in [4.78, 5) is 12.5. The number of nitrogens with two attached hydrogens (primary N) is 1. The second-order valence-corrected chi connectivity index (χ2v) is 6.56. The summed E-state index contributed by atoms with van der Waals surface area (Å²) in [6.45, 7) is 5.42. The van der Waals surface area contributed by atoms with E-state index in [0.29, 0.717) is 37.4 Å². The van der Waals surface area contributed by atoms with Gasteiger partial charge < -0.3 is 25.6 Å². The minimum atomic E-state index is -0.792. The number of amides is 1. The van der Waals surface area contributed by atoms with Gasteiger partial charge >= 0.3 is 0 Å². The van der Waals surface area contributed by atoms with E-state index in [2.05, 4.69) is 5.32 Å². The van der Waals surface area contributed by atoms with Crippen LogP contribution in [0, 0.1) is 5.41 Å². The van der Waals surface area contributed by atoms with E-state index in [1.54, 1.807) is 6.07 Å². The van der Waals surface area contributed by atoms with Gasteiger partial charge in [-0.3, -0.25) is 4.79 Å². The summed E-state index contributed by atoms with van der Waals surface area (Å²) < 4.78 is 10.9. The van der Waals surface area contributed by atoms with E-state index in [0.717, 1.165) is 0 Å². The van der Waals surface area contributed by atoms with Crippen LogP contribution < -0.4 is 15.8 Å². The maximum absolute atomic E-state index is 12.5. The van der Waals surface area contributed by atoms with Gasteiger partial charge in [-0.05, 0) is 44.4 Å². The lowest BCUT2D eigenvalue weighted by Gasteiger charge is -2.34. The second-order valence-electron chi connectivity index (χ2n) is 6.56. The number of carbonyl (C=O) groups is 1. The molecule has 1 amide bonds. The van der Waals surface area contributed by atoms with Crippen molar-refractivity contribution in [2.24, 2.45) is 11.1 Å². The smallest absolute Gasteiger partial charge is 0.227 e. The predicted molar refractivity (Wildman–Crippen MR) is 91.7 cm³/mol. The third-order valence-corrected chi connectivity index (χ3v) is 4.39. The van der Waals surface area contributed by atoms with Crippen molar-refractivity contribution in [2.45, 2.75) is 38.9 Å². The number of rotatable bonds is 7. The molecule has 24 heavy (non-hydrogen) atoms. The summed E-state index contributed by atoms with van der Waals surface area (Å²) in [6, 6.07) is 7.29. The Morgan fingerprint density at radius 1 is 1.42 bits per heavy atom. The van der Waals surface area contributed by atoms with Gasteiger partial charge in [0.1, 0.15) is 5.75 Å². The lowest BCUT2D eigenvalue weighted by atomic mass is 9.79. The first kappa shape index (κ1) is 18.7. The highest BCUT2D eigenvalue weighted by atomic mass is 16.5. The fourth-order valence-electron chi connectivity index (χ4n) is 2.85. The first-order chi connectivity index (χ1) is 11.5. The van der Waals surface area contributed by atoms with Crippen molar-refractivity contribution in [1.82, 2.24) is 5.32 Å². The highest BCUT2D eigenvalue weighted by Gasteiger charge is 2.38. The van der Waals surface area contributed by atoms with Gasteiger partial charge in [-0.25, -0.2) is 0 Å². The zero-order chi connectivity index (χ0) is 17.6. The average Bonchev–Trinajstić information content (AvgIpc) is 2.59. The van der Waals surface area contributed by atoms with Crippen molar-refractivity contribution in [3.05, 3.63) is 29.8 Å². The Hall–Kier alpha value is -1.63. The third-order valence-electron chi connectivity index (χ3n) is 4.39. The quantitative estimate of drug-likeness (QED) is 0.699. The van der Waals surface area contributed by atoms with Crippen LogP contribution in [0.15, 0.2) is 24.3 Å². The Kier molecular flexibility index (Phi) is 6.60. The maximum atomic E-state index is 12.5. The van der Waals surface area contributed by atoms with Crippen LogP contribution in [-0.4, -0.2) is 43.4 Å². The molecular formula is C18H28N2O4. The van der Waals surface area contributed by atoms with Crippen LogP contribution in [0.2, 0.25) is 0 Å². The van der Waals surface area contributed by atoms with Crippen LogP contribution in [0.4, 0.5) is 0 Å². The van der Waals surface area contributed by atoms with Crippen molar-refractivity contribution in [2.75, 3.05) is 26.3 Å². The summed E-state index contributed by atoms with van der Waals surface area (Å²) in [7, 11) is 0. The van der Waals surface area contributed by atoms with Crippen molar-refractivity contribution in [3.8, 4) is 5.75 Å². The third kappa shape index (κ3) is 4.69. The van der Waals surface area contributed by atoms with Crippen LogP contribution in [0.3, 0.4) is 0 Å². The molecule has 1 aliphatic rings. The molecule has 0 radical (unpaired) electrons. The Labute approximate surface area is 143 Å². The number of benzene rings is 1. The van der Waals surface area contributed by atoms with Crippen LogP contribution >= 0.6 is 0 Å². The zero-order valence-electron chi connectivity index (χ0n) is 14.5. The van der Waals surface area contributed by atoms with Crippen molar-refractivity contribution >= 4 is 5.91 Å². The Morgan fingerprint density at radius 3 is 2.75 bits per heavy atom. The number of hydrogen-bond donors (Lipinski definition) is 3. The van der Waals surface area contributed by atoms with Gasteiger partial charge in [0, 0.05) is 26.3 Å². The Bertz CT molecular complexity index is 542. The van der Waals surface area contributed by atoms with E-state index in [1.807, 2.05) is 32.0 Å². The SMILES string of the molecule is CC(C)Oc1cccc(C(O)CNC(=O)C2(CN)CCOCC2)c1. The molecule has 2 rings (SSSR count). The first-order valence-electron chi connectivity index (χ1n) is 8.47. The molecule has 134 valence electrons. The largest absolute Gasteiger partial charge is 0.491 e. The van der Waals surface area contributed by atoms with Gasteiger partial charge in [-0.1, -0.05) is 12.1 Å². The van der Waals surface area contributed by atoms with Gasteiger partial charge in [0.2, 0.25) is 5.91 Å². The highest BCUT2D eigenvalue weighted by Crippen LogP contribution is 2.29. The second kappa shape index (κ2) is 8.46. The molecule has 6 heteroatoms. The molecule has 1 saturated heterocycles. The monoisotopic (exact) mass is 336 g/mol.